The Labute approximate surface area is 123 Å². The molecule has 0 saturated carbocycles. The molecule has 1 heterocycles. The molecule has 1 N–H and O–H groups in total. The van der Waals surface area contributed by atoms with E-state index in [0.717, 1.165) is 22.4 Å². The number of ether oxygens (including phenoxy) is 1. The van der Waals surface area contributed by atoms with Gasteiger partial charge in [0.1, 0.15) is 12.4 Å². The van der Waals surface area contributed by atoms with E-state index >= 15 is 0 Å². The van der Waals surface area contributed by atoms with Crippen molar-refractivity contribution in [3.63, 3.8) is 0 Å². The lowest BCUT2D eigenvalue weighted by Gasteiger charge is -2.14. The van der Waals surface area contributed by atoms with E-state index in [2.05, 4.69) is 15.3 Å². The molecule has 0 radical (unpaired) electrons. The lowest BCUT2D eigenvalue weighted by molar-refractivity contribution is 0.0537. The number of benzene rings is 1. The molecular formula is C16H18N2O3. The summed E-state index contributed by atoms with van der Waals surface area (Å²) in [6, 6.07) is 7.38. The fraction of sp³-hybridized carbons (Fsp3) is 0.250. The summed E-state index contributed by atoms with van der Waals surface area (Å²) in [6.45, 7) is 4.27. The second kappa shape index (κ2) is 6.85. The van der Waals surface area contributed by atoms with Gasteiger partial charge in [-0.05, 0) is 43.2 Å². The number of hydrogen-bond donors (Lipinski definition) is 1. The van der Waals surface area contributed by atoms with Gasteiger partial charge in [-0.3, -0.25) is 14.6 Å². The molecule has 5 heteroatoms. The fourth-order valence-corrected chi connectivity index (χ4v) is 2.10. The maximum atomic E-state index is 11.8. The van der Waals surface area contributed by atoms with Crippen LogP contribution in [0.2, 0.25) is 0 Å². The summed E-state index contributed by atoms with van der Waals surface area (Å²) in [5.41, 5.74) is 5.65. The van der Waals surface area contributed by atoms with Gasteiger partial charge in [0.25, 0.3) is 5.91 Å². The Morgan fingerprint density at radius 3 is 2.57 bits per heavy atom. The van der Waals surface area contributed by atoms with Crippen LogP contribution >= 0.6 is 0 Å². The van der Waals surface area contributed by atoms with Gasteiger partial charge < -0.3 is 4.74 Å². The Bertz CT molecular complexity index is 604. The zero-order chi connectivity index (χ0) is 15.2. The zero-order valence-corrected chi connectivity index (χ0v) is 12.3. The normalized spacial score (nSPS) is 10.2. The van der Waals surface area contributed by atoms with Crippen molar-refractivity contribution < 1.29 is 14.4 Å². The Morgan fingerprint density at radius 1 is 1.29 bits per heavy atom. The Kier molecular flexibility index (Phi) is 4.90. The van der Waals surface area contributed by atoms with Gasteiger partial charge in [0.05, 0.1) is 7.11 Å². The van der Waals surface area contributed by atoms with Crippen LogP contribution in [0.4, 0.5) is 0 Å². The van der Waals surface area contributed by atoms with E-state index in [4.69, 9.17) is 4.74 Å². The minimum Gasteiger partial charge on any atom is -0.488 e. The van der Waals surface area contributed by atoms with Gasteiger partial charge >= 0.3 is 0 Å². The van der Waals surface area contributed by atoms with Crippen LogP contribution in [0.15, 0.2) is 36.7 Å². The van der Waals surface area contributed by atoms with Crippen molar-refractivity contribution in [2.75, 3.05) is 7.11 Å². The third-order valence-electron chi connectivity index (χ3n) is 3.02. The number of amides is 1. The second-order valence-corrected chi connectivity index (χ2v) is 4.72. The van der Waals surface area contributed by atoms with E-state index in [1.807, 2.05) is 26.0 Å². The molecule has 1 aromatic heterocycles. The molecule has 0 aliphatic carbocycles. The molecule has 1 aromatic carbocycles. The Hall–Kier alpha value is -2.40. The monoisotopic (exact) mass is 286 g/mol. The molecule has 0 atom stereocenters. The molecule has 0 spiro atoms. The summed E-state index contributed by atoms with van der Waals surface area (Å²) in [6.07, 6.45) is 3.49. The van der Waals surface area contributed by atoms with Crippen molar-refractivity contribution in [1.82, 2.24) is 10.5 Å². The van der Waals surface area contributed by atoms with Crippen LogP contribution in [0.5, 0.6) is 5.75 Å². The van der Waals surface area contributed by atoms with Crippen LogP contribution < -0.4 is 10.2 Å². The Morgan fingerprint density at radius 2 is 2.00 bits per heavy atom. The largest absolute Gasteiger partial charge is 0.488 e. The number of aryl methyl sites for hydroxylation is 2. The van der Waals surface area contributed by atoms with Crippen LogP contribution in [-0.4, -0.2) is 18.0 Å². The number of nitrogens with zero attached hydrogens (tertiary/aromatic N) is 1. The van der Waals surface area contributed by atoms with Crippen LogP contribution in [0.3, 0.4) is 0 Å². The highest BCUT2D eigenvalue weighted by molar-refractivity contribution is 5.94. The van der Waals surface area contributed by atoms with E-state index in [1.54, 1.807) is 24.5 Å². The molecule has 5 nitrogen and oxygen atoms in total. The summed E-state index contributed by atoms with van der Waals surface area (Å²) in [5, 5.41) is 0. The molecule has 21 heavy (non-hydrogen) atoms. The van der Waals surface area contributed by atoms with Gasteiger partial charge in [-0.25, -0.2) is 5.48 Å². The number of nitrogens with one attached hydrogen (secondary N) is 1. The Balaban J connectivity index is 2.15. The third-order valence-corrected chi connectivity index (χ3v) is 3.02. The van der Waals surface area contributed by atoms with E-state index in [-0.39, 0.29) is 5.91 Å². The van der Waals surface area contributed by atoms with E-state index in [1.165, 1.54) is 7.11 Å². The number of carbonyl (C=O) groups is 1. The van der Waals surface area contributed by atoms with Crippen molar-refractivity contribution >= 4 is 5.91 Å². The number of hydroxylamine groups is 1. The maximum Gasteiger partial charge on any atom is 0.274 e. The zero-order valence-electron chi connectivity index (χ0n) is 12.3. The van der Waals surface area contributed by atoms with Gasteiger partial charge in [-0.2, -0.15) is 0 Å². The topological polar surface area (TPSA) is 60.5 Å². The van der Waals surface area contributed by atoms with Crippen LogP contribution in [0.1, 0.15) is 27.0 Å². The molecule has 2 rings (SSSR count). The standard InChI is InChI=1S/C16H18N2O3/c1-11-7-14(16(19)18-20-3)8-12(2)15(11)21-10-13-5-4-6-17-9-13/h4-9H,10H2,1-3H3,(H,18,19). The quantitative estimate of drug-likeness (QED) is 0.858. The van der Waals surface area contributed by atoms with Crippen LogP contribution in [0, 0.1) is 13.8 Å². The second-order valence-electron chi connectivity index (χ2n) is 4.72. The first kappa shape index (κ1) is 15.0. The van der Waals surface area contributed by atoms with E-state index in [9.17, 15) is 4.79 Å². The first-order valence-electron chi connectivity index (χ1n) is 6.58. The van der Waals surface area contributed by atoms with Gasteiger partial charge in [0.15, 0.2) is 0 Å². The number of rotatable bonds is 5. The van der Waals surface area contributed by atoms with Gasteiger partial charge in [0.2, 0.25) is 0 Å². The predicted molar refractivity (Wildman–Crippen MR) is 79.0 cm³/mol. The van der Waals surface area contributed by atoms with Crippen LogP contribution in [0.25, 0.3) is 0 Å². The molecule has 110 valence electrons. The molecule has 0 aliphatic rings. The maximum absolute atomic E-state index is 11.8. The molecule has 0 bridgehead atoms. The number of hydrogen-bond acceptors (Lipinski definition) is 4. The number of aromatic nitrogens is 1. The molecular weight excluding hydrogens is 268 g/mol. The molecule has 2 aromatic rings. The minimum absolute atomic E-state index is 0.275. The molecule has 0 saturated heterocycles. The lowest BCUT2D eigenvalue weighted by Crippen LogP contribution is -2.22. The van der Waals surface area contributed by atoms with Crippen molar-refractivity contribution in [3.05, 3.63) is 58.9 Å². The lowest BCUT2D eigenvalue weighted by atomic mass is 10.1. The average molecular weight is 286 g/mol. The summed E-state index contributed by atoms with van der Waals surface area (Å²) in [7, 11) is 1.41. The van der Waals surface area contributed by atoms with Gasteiger partial charge in [0, 0.05) is 23.5 Å². The highest BCUT2D eigenvalue weighted by Crippen LogP contribution is 2.25. The van der Waals surface area contributed by atoms with Crippen molar-refractivity contribution in [2.45, 2.75) is 20.5 Å². The van der Waals surface area contributed by atoms with E-state index < -0.39 is 0 Å². The first-order valence-corrected chi connectivity index (χ1v) is 6.58. The first-order chi connectivity index (χ1) is 10.1. The van der Waals surface area contributed by atoms with Gasteiger partial charge in [-0.1, -0.05) is 6.07 Å². The van der Waals surface area contributed by atoms with Crippen molar-refractivity contribution in [1.29, 1.82) is 0 Å². The molecule has 0 unspecified atom stereocenters. The average Bonchev–Trinajstić information content (AvgIpc) is 2.47. The van der Waals surface area contributed by atoms with E-state index in [0.29, 0.717) is 12.2 Å². The summed E-state index contributed by atoms with van der Waals surface area (Å²) in [4.78, 5) is 20.4. The van der Waals surface area contributed by atoms with Gasteiger partial charge in [-0.15, -0.1) is 0 Å². The highest BCUT2D eigenvalue weighted by atomic mass is 16.6. The fourth-order valence-electron chi connectivity index (χ4n) is 2.10. The third kappa shape index (κ3) is 3.79. The highest BCUT2D eigenvalue weighted by Gasteiger charge is 2.11. The van der Waals surface area contributed by atoms with Crippen molar-refractivity contribution in [3.8, 4) is 5.75 Å². The van der Waals surface area contributed by atoms with Crippen LogP contribution in [-0.2, 0) is 11.4 Å². The summed E-state index contributed by atoms with van der Waals surface area (Å²) >= 11 is 0. The number of carbonyl (C=O) groups excluding carboxylic acids is 1. The molecule has 0 aliphatic heterocycles. The molecule has 1 amide bonds. The minimum atomic E-state index is -0.275. The van der Waals surface area contributed by atoms with Crippen molar-refractivity contribution in [2.24, 2.45) is 0 Å². The number of pyridine rings is 1. The molecule has 0 fully saturated rings. The smallest absolute Gasteiger partial charge is 0.274 e. The summed E-state index contributed by atoms with van der Waals surface area (Å²) < 4.78 is 5.85. The predicted octanol–water partition coefficient (Wildman–Crippen LogP) is 2.57. The summed E-state index contributed by atoms with van der Waals surface area (Å²) in [5.74, 6) is 0.510. The SMILES string of the molecule is CONC(=O)c1cc(C)c(OCc2cccnc2)c(C)c1.